The molecule has 0 spiro atoms. The molecule has 0 aliphatic heterocycles. The van der Waals surface area contributed by atoms with E-state index in [4.69, 9.17) is 35.2 Å². The summed E-state index contributed by atoms with van der Waals surface area (Å²) in [6.45, 7) is 3.91. The number of rotatable bonds is 8. The fourth-order valence-electron chi connectivity index (χ4n) is 3.96. The summed E-state index contributed by atoms with van der Waals surface area (Å²) in [5.74, 6) is 1.98. The molecule has 0 atom stereocenters. The molecule has 10 heteroatoms. The van der Waals surface area contributed by atoms with Gasteiger partial charge in [0.25, 0.3) is 5.56 Å². The van der Waals surface area contributed by atoms with Crippen LogP contribution in [-0.4, -0.2) is 36.7 Å². The lowest BCUT2D eigenvalue weighted by molar-refractivity contribution is 0.326. The lowest BCUT2D eigenvalue weighted by Gasteiger charge is -2.14. The SMILES string of the molecule is C=CCOc1c(OC)cc(C=Nn2c(-c3cc4c(OC)cccc4o3)nc3ccccc3c2=O)c(Br)c1Cl. The average Bonchev–Trinajstić information content (AvgIpc) is 3.38. The maximum Gasteiger partial charge on any atom is 0.282 e. The molecule has 2 aromatic heterocycles. The molecule has 0 amide bonds. The first-order chi connectivity index (χ1) is 18.5. The largest absolute Gasteiger partial charge is 0.496 e. The van der Waals surface area contributed by atoms with Gasteiger partial charge in [-0.2, -0.15) is 9.78 Å². The number of ether oxygens (including phenoxy) is 3. The minimum absolute atomic E-state index is 0.225. The number of hydrogen-bond donors (Lipinski definition) is 0. The van der Waals surface area contributed by atoms with Gasteiger partial charge in [0.2, 0.25) is 5.82 Å². The third-order valence-corrected chi connectivity index (χ3v) is 7.19. The highest BCUT2D eigenvalue weighted by atomic mass is 79.9. The van der Waals surface area contributed by atoms with Crippen LogP contribution >= 0.6 is 27.5 Å². The molecule has 3 aromatic carbocycles. The van der Waals surface area contributed by atoms with E-state index in [1.165, 1.54) is 18.0 Å². The van der Waals surface area contributed by atoms with E-state index in [1.807, 2.05) is 24.3 Å². The Balaban J connectivity index is 1.70. The molecule has 2 heterocycles. The van der Waals surface area contributed by atoms with Gasteiger partial charge in [-0.1, -0.05) is 42.5 Å². The first-order valence-electron chi connectivity index (χ1n) is 11.4. The first kappa shape index (κ1) is 25.6. The maximum atomic E-state index is 13.6. The lowest BCUT2D eigenvalue weighted by Crippen LogP contribution is -2.20. The maximum absolute atomic E-state index is 13.6. The topological polar surface area (TPSA) is 88.1 Å². The smallest absolute Gasteiger partial charge is 0.282 e. The number of methoxy groups -OCH3 is 2. The van der Waals surface area contributed by atoms with Crippen LogP contribution in [0, 0.1) is 0 Å². The highest BCUT2D eigenvalue weighted by Crippen LogP contribution is 2.42. The van der Waals surface area contributed by atoms with Crippen molar-refractivity contribution in [3.8, 4) is 28.8 Å². The zero-order valence-corrected chi connectivity index (χ0v) is 22.7. The van der Waals surface area contributed by atoms with Crippen LogP contribution in [0.5, 0.6) is 17.2 Å². The summed E-state index contributed by atoms with van der Waals surface area (Å²) in [7, 11) is 3.09. The van der Waals surface area contributed by atoms with Gasteiger partial charge in [-0.05, 0) is 52.3 Å². The van der Waals surface area contributed by atoms with E-state index < -0.39 is 0 Å². The van der Waals surface area contributed by atoms with E-state index in [2.05, 4.69) is 27.6 Å². The minimum Gasteiger partial charge on any atom is -0.496 e. The van der Waals surface area contributed by atoms with Crippen molar-refractivity contribution in [1.29, 1.82) is 0 Å². The predicted octanol–water partition coefficient (Wildman–Crippen LogP) is 6.69. The second-order valence-corrected chi connectivity index (χ2v) is 9.19. The fourth-order valence-corrected chi connectivity index (χ4v) is 4.61. The van der Waals surface area contributed by atoms with Crippen molar-refractivity contribution in [2.75, 3.05) is 20.8 Å². The van der Waals surface area contributed by atoms with Crippen molar-refractivity contribution < 1.29 is 18.6 Å². The highest BCUT2D eigenvalue weighted by Gasteiger charge is 2.19. The van der Waals surface area contributed by atoms with Crippen LogP contribution in [0.15, 0.2) is 86.0 Å². The summed E-state index contributed by atoms with van der Waals surface area (Å²) in [6, 6.07) is 16.0. The molecule has 8 nitrogen and oxygen atoms in total. The Morgan fingerprint density at radius 1 is 1.11 bits per heavy atom. The summed E-state index contributed by atoms with van der Waals surface area (Å²) in [5.41, 5.74) is 1.29. The van der Waals surface area contributed by atoms with Gasteiger partial charge in [-0.15, -0.1) is 0 Å². The van der Waals surface area contributed by atoms with Crippen molar-refractivity contribution >= 4 is 55.6 Å². The van der Waals surface area contributed by atoms with Gasteiger partial charge in [-0.25, -0.2) is 4.98 Å². The Kier molecular flexibility index (Phi) is 7.22. The number of aromatic nitrogens is 2. The Labute approximate surface area is 230 Å². The quantitative estimate of drug-likeness (QED) is 0.147. The molecule has 38 heavy (non-hydrogen) atoms. The highest BCUT2D eigenvalue weighted by molar-refractivity contribution is 9.10. The van der Waals surface area contributed by atoms with Crippen molar-refractivity contribution in [3.05, 3.63) is 92.7 Å². The van der Waals surface area contributed by atoms with Gasteiger partial charge in [-0.3, -0.25) is 4.79 Å². The Hall–Kier alpha value is -4.08. The molecule has 0 N–H and O–H groups in total. The summed E-state index contributed by atoms with van der Waals surface area (Å²) in [5, 5.41) is 5.96. The van der Waals surface area contributed by atoms with E-state index in [-0.39, 0.29) is 18.0 Å². The second kappa shape index (κ2) is 10.7. The minimum atomic E-state index is -0.366. The zero-order chi connectivity index (χ0) is 26.8. The van der Waals surface area contributed by atoms with Crippen molar-refractivity contribution in [3.63, 3.8) is 0 Å². The zero-order valence-electron chi connectivity index (χ0n) is 20.4. The first-order valence-corrected chi connectivity index (χ1v) is 12.6. The van der Waals surface area contributed by atoms with Gasteiger partial charge in [0, 0.05) is 10.0 Å². The summed E-state index contributed by atoms with van der Waals surface area (Å²) >= 11 is 10.1. The average molecular weight is 595 g/mol. The lowest BCUT2D eigenvalue weighted by atomic mass is 10.2. The fraction of sp³-hybridized carbons (Fsp3) is 0.107. The molecule has 0 saturated heterocycles. The molecule has 192 valence electrons. The number of hydrogen-bond acceptors (Lipinski definition) is 7. The normalized spacial score (nSPS) is 11.4. The second-order valence-electron chi connectivity index (χ2n) is 8.02. The summed E-state index contributed by atoms with van der Waals surface area (Å²) < 4.78 is 24.4. The van der Waals surface area contributed by atoms with Gasteiger partial charge < -0.3 is 18.6 Å². The molecule has 0 bridgehead atoms. The van der Waals surface area contributed by atoms with E-state index in [0.717, 1.165) is 5.39 Å². The molecule has 0 saturated carbocycles. The third kappa shape index (κ3) is 4.55. The monoisotopic (exact) mass is 593 g/mol. The van der Waals surface area contributed by atoms with Crippen LogP contribution in [0.1, 0.15) is 5.56 Å². The van der Waals surface area contributed by atoms with E-state index in [0.29, 0.717) is 54.6 Å². The van der Waals surface area contributed by atoms with Crippen LogP contribution in [0.4, 0.5) is 0 Å². The van der Waals surface area contributed by atoms with Crippen LogP contribution in [-0.2, 0) is 0 Å². The van der Waals surface area contributed by atoms with Crippen LogP contribution in [0.2, 0.25) is 5.02 Å². The molecule has 0 radical (unpaired) electrons. The van der Waals surface area contributed by atoms with Gasteiger partial charge in [0.1, 0.15) is 23.0 Å². The molecular weight excluding hydrogens is 574 g/mol. The molecule has 5 rings (SSSR count). The Morgan fingerprint density at radius 2 is 1.89 bits per heavy atom. The number of halogens is 2. The molecule has 0 unspecified atom stereocenters. The van der Waals surface area contributed by atoms with Crippen molar-refractivity contribution in [2.24, 2.45) is 5.10 Å². The molecular formula is C28H21BrClN3O5. The van der Waals surface area contributed by atoms with Gasteiger partial charge >= 0.3 is 0 Å². The molecule has 0 aliphatic carbocycles. The Morgan fingerprint density at radius 3 is 2.66 bits per heavy atom. The van der Waals surface area contributed by atoms with Crippen molar-refractivity contribution in [1.82, 2.24) is 9.66 Å². The number of furan rings is 1. The number of fused-ring (bicyclic) bond motifs is 2. The predicted molar refractivity (Wildman–Crippen MR) is 152 cm³/mol. The van der Waals surface area contributed by atoms with E-state index in [9.17, 15) is 4.79 Å². The Bertz CT molecular complexity index is 1780. The van der Waals surface area contributed by atoms with E-state index >= 15 is 0 Å². The van der Waals surface area contributed by atoms with Crippen molar-refractivity contribution in [2.45, 2.75) is 0 Å². The number of benzene rings is 3. The van der Waals surface area contributed by atoms with Crippen LogP contribution in [0.25, 0.3) is 33.5 Å². The van der Waals surface area contributed by atoms with Crippen LogP contribution < -0.4 is 19.8 Å². The molecule has 5 aromatic rings. The summed E-state index contributed by atoms with van der Waals surface area (Å²) in [4.78, 5) is 18.3. The molecule has 0 aliphatic rings. The molecule has 0 fully saturated rings. The standard InChI is InChI=1S/C28H21BrClN3O5/c1-4-12-37-26-22(36-3)13-16(24(29)25(26)30)15-31-33-27(32-19-9-6-5-8-17(19)28(33)34)23-14-18-20(35-2)10-7-11-21(18)38-23/h4-11,13-15H,1,12H2,2-3H3. The van der Waals surface area contributed by atoms with E-state index in [1.54, 1.807) is 43.5 Å². The van der Waals surface area contributed by atoms with Gasteiger partial charge in [0.15, 0.2) is 17.3 Å². The number of para-hydroxylation sites is 1. The number of nitrogens with zero attached hydrogens (tertiary/aromatic N) is 3. The van der Waals surface area contributed by atoms with Gasteiger partial charge in [0.05, 0.1) is 36.7 Å². The third-order valence-electron chi connectivity index (χ3n) is 5.75. The van der Waals surface area contributed by atoms with Crippen LogP contribution in [0.3, 0.4) is 0 Å². The summed E-state index contributed by atoms with van der Waals surface area (Å²) in [6.07, 6.45) is 3.09.